The fraction of sp³-hybridized carbons (Fsp3) is 0.161. The lowest BCUT2D eigenvalue weighted by Crippen LogP contribution is -2.35. The zero-order valence-corrected chi connectivity index (χ0v) is 22.9. The van der Waals surface area contributed by atoms with E-state index in [4.69, 9.17) is 5.10 Å². The molecule has 5 aromatic rings. The van der Waals surface area contributed by atoms with Crippen molar-refractivity contribution >= 4 is 32.6 Å². The molecule has 0 unspecified atom stereocenters. The van der Waals surface area contributed by atoms with Crippen molar-refractivity contribution in [2.45, 2.75) is 24.2 Å². The fourth-order valence-electron chi connectivity index (χ4n) is 5.01. The van der Waals surface area contributed by atoms with Crippen LogP contribution in [0.5, 0.6) is 0 Å². The maximum atomic E-state index is 13.4. The molecule has 0 atom stereocenters. The third kappa shape index (κ3) is 5.20. The Morgan fingerprint density at radius 2 is 1.71 bits per heavy atom. The van der Waals surface area contributed by atoms with Crippen LogP contribution in [0.2, 0.25) is 0 Å². The molecule has 1 fully saturated rings. The van der Waals surface area contributed by atoms with Crippen LogP contribution in [-0.2, 0) is 10.0 Å². The number of hydrogen-bond acceptors (Lipinski definition) is 6. The second-order valence-electron chi connectivity index (χ2n) is 9.81. The van der Waals surface area contributed by atoms with E-state index in [9.17, 15) is 18.5 Å². The maximum absolute atomic E-state index is 13.4. The van der Waals surface area contributed by atoms with E-state index in [1.54, 1.807) is 65.5 Å². The summed E-state index contributed by atoms with van der Waals surface area (Å²) in [6.07, 6.45) is 6.10. The van der Waals surface area contributed by atoms with Crippen molar-refractivity contribution in [1.29, 1.82) is 5.26 Å². The first kappa shape index (κ1) is 26.4. The highest BCUT2D eigenvalue weighted by Crippen LogP contribution is 2.30. The Bertz CT molecular complexity index is 1980. The number of benzene rings is 3. The molecule has 3 aromatic carbocycles. The molecule has 0 spiro atoms. The van der Waals surface area contributed by atoms with Gasteiger partial charge in [-0.05, 0) is 55.3 Å². The Hall–Kier alpha value is -4.85. The van der Waals surface area contributed by atoms with Gasteiger partial charge in [0.2, 0.25) is 10.0 Å². The van der Waals surface area contributed by atoms with E-state index < -0.39 is 10.0 Å². The molecule has 6 rings (SSSR count). The second-order valence-corrected chi connectivity index (χ2v) is 11.7. The number of H-pyrrole nitrogens is 1. The standard InChI is InChI=1S/C31H26N6O3S/c32-20-23(30-33-28-15-6-5-14-27(28)31(38)34-30)18-24-21-37(25-11-3-1-4-12-25)35-29(24)22-10-9-13-26(19-22)41(39,40)36-16-7-2-8-17-36/h1,3-6,9-15,18-19,21H,2,7-8,16-17H2,(H,33,34,38). The molecule has 0 amide bonds. The maximum Gasteiger partial charge on any atom is 0.259 e. The number of piperidine rings is 1. The lowest BCUT2D eigenvalue weighted by Gasteiger charge is -2.26. The van der Waals surface area contributed by atoms with Gasteiger partial charge in [0, 0.05) is 30.4 Å². The quantitative estimate of drug-likeness (QED) is 0.290. The van der Waals surface area contributed by atoms with Gasteiger partial charge >= 0.3 is 0 Å². The molecular formula is C31H26N6O3S. The first-order chi connectivity index (χ1) is 19.9. The summed E-state index contributed by atoms with van der Waals surface area (Å²) in [5.74, 6) is 0.135. The normalized spacial score (nSPS) is 14.7. The van der Waals surface area contributed by atoms with Crippen LogP contribution in [0, 0.1) is 11.3 Å². The minimum Gasteiger partial charge on any atom is -0.305 e. The van der Waals surface area contributed by atoms with Gasteiger partial charge in [-0.2, -0.15) is 14.7 Å². The molecule has 10 heteroatoms. The summed E-state index contributed by atoms with van der Waals surface area (Å²) >= 11 is 0. The lowest BCUT2D eigenvalue weighted by molar-refractivity contribution is 0.346. The number of para-hydroxylation sites is 2. The van der Waals surface area contributed by atoms with Crippen LogP contribution in [0.1, 0.15) is 30.7 Å². The number of allylic oxidation sites excluding steroid dienone is 1. The predicted molar refractivity (Wildman–Crippen MR) is 157 cm³/mol. The highest BCUT2D eigenvalue weighted by atomic mass is 32.2. The molecule has 3 heterocycles. The number of aromatic nitrogens is 4. The van der Waals surface area contributed by atoms with E-state index >= 15 is 0 Å². The van der Waals surface area contributed by atoms with Crippen LogP contribution in [-0.4, -0.2) is 45.6 Å². The summed E-state index contributed by atoms with van der Waals surface area (Å²) in [7, 11) is -3.67. The van der Waals surface area contributed by atoms with Crippen molar-refractivity contribution < 1.29 is 8.42 Å². The molecule has 0 radical (unpaired) electrons. The zero-order valence-electron chi connectivity index (χ0n) is 22.1. The molecule has 1 N–H and O–H groups in total. The predicted octanol–water partition coefficient (Wildman–Crippen LogP) is 5.01. The van der Waals surface area contributed by atoms with Gasteiger partial charge in [-0.25, -0.2) is 18.1 Å². The van der Waals surface area contributed by atoms with Gasteiger partial charge in [0.1, 0.15) is 11.8 Å². The first-order valence-electron chi connectivity index (χ1n) is 13.3. The average molecular weight is 563 g/mol. The highest BCUT2D eigenvalue weighted by Gasteiger charge is 2.26. The Balaban J connectivity index is 1.49. The number of hydrogen-bond donors (Lipinski definition) is 1. The van der Waals surface area contributed by atoms with Crippen molar-refractivity contribution in [3.8, 4) is 23.0 Å². The molecule has 9 nitrogen and oxygen atoms in total. The van der Waals surface area contributed by atoms with Gasteiger partial charge in [-0.15, -0.1) is 0 Å². The molecule has 1 aliphatic heterocycles. The van der Waals surface area contributed by atoms with Crippen molar-refractivity contribution in [2.75, 3.05) is 13.1 Å². The van der Waals surface area contributed by atoms with Crippen LogP contribution in [0.4, 0.5) is 0 Å². The largest absolute Gasteiger partial charge is 0.305 e. The average Bonchev–Trinajstić information content (AvgIpc) is 3.45. The fourth-order valence-corrected chi connectivity index (χ4v) is 6.57. The third-order valence-corrected chi connectivity index (χ3v) is 9.01. The molecule has 1 saturated heterocycles. The SMILES string of the molecule is N#CC(=Cc1cn(-c2ccccc2)nc1-c1cccc(S(=O)(=O)N2CCCCC2)c1)c1nc2ccccc2c(=O)[nH]1. The third-order valence-electron chi connectivity index (χ3n) is 7.11. The molecule has 204 valence electrons. The van der Waals surface area contributed by atoms with Crippen LogP contribution < -0.4 is 5.56 Å². The Morgan fingerprint density at radius 3 is 2.49 bits per heavy atom. The first-order valence-corrected chi connectivity index (χ1v) is 14.7. The van der Waals surface area contributed by atoms with Gasteiger partial charge in [0.25, 0.3) is 5.56 Å². The van der Waals surface area contributed by atoms with Crippen molar-refractivity contribution in [3.63, 3.8) is 0 Å². The smallest absolute Gasteiger partial charge is 0.259 e. The minimum absolute atomic E-state index is 0.135. The number of aromatic amines is 1. The number of nitrogens with zero attached hydrogens (tertiary/aromatic N) is 5. The Morgan fingerprint density at radius 1 is 0.951 bits per heavy atom. The van der Waals surface area contributed by atoms with E-state index in [-0.39, 0.29) is 21.9 Å². The van der Waals surface area contributed by atoms with E-state index in [1.165, 1.54) is 4.31 Å². The molecule has 0 aliphatic carbocycles. The minimum atomic E-state index is -3.67. The van der Waals surface area contributed by atoms with Gasteiger partial charge in [0.05, 0.1) is 27.1 Å². The van der Waals surface area contributed by atoms with Gasteiger partial charge in [-0.1, -0.05) is 48.9 Å². The molecule has 1 aliphatic rings. The van der Waals surface area contributed by atoms with E-state index in [2.05, 4.69) is 16.0 Å². The summed E-state index contributed by atoms with van der Waals surface area (Å²) in [6.45, 7) is 1.01. The summed E-state index contributed by atoms with van der Waals surface area (Å²) in [4.78, 5) is 20.1. The summed E-state index contributed by atoms with van der Waals surface area (Å²) in [6, 6.07) is 25.3. The van der Waals surface area contributed by atoms with Crippen molar-refractivity contribution in [2.24, 2.45) is 0 Å². The topological polar surface area (TPSA) is 125 Å². The number of rotatable bonds is 6. The molecular weight excluding hydrogens is 536 g/mol. The molecule has 41 heavy (non-hydrogen) atoms. The van der Waals surface area contributed by atoms with Gasteiger partial charge in [-0.3, -0.25) is 4.79 Å². The number of fused-ring (bicyclic) bond motifs is 1. The van der Waals surface area contributed by atoms with E-state index in [0.29, 0.717) is 40.8 Å². The van der Waals surface area contributed by atoms with Crippen LogP contribution in [0.3, 0.4) is 0 Å². The van der Waals surface area contributed by atoms with Gasteiger partial charge in [0.15, 0.2) is 5.82 Å². The molecule has 0 saturated carbocycles. The zero-order chi connectivity index (χ0) is 28.4. The molecule has 0 bridgehead atoms. The Kier molecular flexibility index (Phi) is 7.05. The summed E-state index contributed by atoms with van der Waals surface area (Å²) in [5.41, 5.74) is 2.70. The van der Waals surface area contributed by atoms with Gasteiger partial charge < -0.3 is 4.98 Å². The van der Waals surface area contributed by atoms with Crippen LogP contribution in [0.25, 0.3) is 39.5 Å². The van der Waals surface area contributed by atoms with Crippen molar-refractivity contribution in [3.05, 3.63) is 107 Å². The second kappa shape index (κ2) is 11.0. The monoisotopic (exact) mass is 562 g/mol. The summed E-state index contributed by atoms with van der Waals surface area (Å²) in [5, 5.41) is 15.3. The van der Waals surface area contributed by atoms with Crippen molar-refractivity contribution in [1.82, 2.24) is 24.1 Å². The Labute approximate surface area is 237 Å². The lowest BCUT2D eigenvalue weighted by atomic mass is 10.1. The van der Waals surface area contributed by atoms with Crippen LogP contribution in [0.15, 0.2) is 94.7 Å². The number of nitriles is 1. The highest BCUT2D eigenvalue weighted by molar-refractivity contribution is 7.89. The van der Waals surface area contributed by atoms with E-state index in [1.807, 2.05) is 30.3 Å². The number of sulfonamides is 1. The number of nitrogens with one attached hydrogen (secondary N) is 1. The molecule has 2 aromatic heterocycles. The summed E-state index contributed by atoms with van der Waals surface area (Å²) < 4.78 is 30.1. The van der Waals surface area contributed by atoms with Crippen LogP contribution >= 0.6 is 0 Å². The van der Waals surface area contributed by atoms with E-state index in [0.717, 1.165) is 24.9 Å².